The Morgan fingerprint density at radius 1 is 1.14 bits per heavy atom. The summed E-state index contributed by atoms with van der Waals surface area (Å²) in [5.41, 5.74) is 3.32. The molecule has 4 nitrogen and oxygen atoms in total. The van der Waals surface area contributed by atoms with Gasteiger partial charge < -0.3 is 9.32 Å². The van der Waals surface area contributed by atoms with E-state index in [1.165, 1.54) is 11.1 Å². The molecule has 0 aliphatic carbocycles. The number of rotatable bonds is 3. The third kappa shape index (κ3) is 3.22. The number of amides is 1. The normalized spacial score (nSPS) is 16.0. The van der Waals surface area contributed by atoms with Gasteiger partial charge in [-0.2, -0.15) is 0 Å². The number of carbonyl (C=O) groups is 1. The lowest BCUT2D eigenvalue weighted by molar-refractivity contribution is 0.0627. The lowest BCUT2D eigenvalue weighted by atomic mass is 10.1. The molecule has 1 aromatic carbocycles. The summed E-state index contributed by atoms with van der Waals surface area (Å²) < 4.78 is 5.23. The van der Waals surface area contributed by atoms with Crippen LogP contribution in [0.4, 0.5) is 0 Å². The van der Waals surface area contributed by atoms with Gasteiger partial charge in [0.2, 0.25) is 0 Å². The topological polar surface area (TPSA) is 36.7 Å². The maximum absolute atomic E-state index is 12.4. The van der Waals surface area contributed by atoms with E-state index in [2.05, 4.69) is 36.1 Å². The molecule has 0 saturated carbocycles. The van der Waals surface area contributed by atoms with E-state index in [0.717, 1.165) is 32.7 Å². The predicted molar refractivity (Wildman–Crippen MR) is 85.8 cm³/mol. The Hall–Kier alpha value is -2.07. The summed E-state index contributed by atoms with van der Waals surface area (Å²) in [7, 11) is 0. The SMILES string of the molecule is Cc1cccc(CN2CCN(C(=O)c3ccoc3C)CC2)c1. The highest BCUT2D eigenvalue weighted by Crippen LogP contribution is 2.15. The zero-order chi connectivity index (χ0) is 15.5. The first-order chi connectivity index (χ1) is 10.6. The Morgan fingerprint density at radius 2 is 1.91 bits per heavy atom. The molecule has 0 unspecified atom stereocenters. The smallest absolute Gasteiger partial charge is 0.257 e. The molecule has 3 rings (SSSR count). The summed E-state index contributed by atoms with van der Waals surface area (Å²) >= 11 is 0. The molecule has 0 atom stereocenters. The minimum absolute atomic E-state index is 0.0847. The van der Waals surface area contributed by atoms with E-state index in [1.54, 1.807) is 12.3 Å². The van der Waals surface area contributed by atoms with Crippen LogP contribution in [0.2, 0.25) is 0 Å². The van der Waals surface area contributed by atoms with Crippen LogP contribution < -0.4 is 0 Å². The largest absolute Gasteiger partial charge is 0.469 e. The van der Waals surface area contributed by atoms with Crippen LogP contribution in [-0.4, -0.2) is 41.9 Å². The standard InChI is InChI=1S/C18H22N2O2/c1-14-4-3-5-16(12-14)13-19-7-9-20(10-8-19)18(21)17-6-11-22-15(17)2/h3-6,11-12H,7-10,13H2,1-2H3. The highest BCUT2D eigenvalue weighted by Gasteiger charge is 2.24. The van der Waals surface area contributed by atoms with Crippen molar-refractivity contribution in [3.63, 3.8) is 0 Å². The predicted octanol–water partition coefficient (Wildman–Crippen LogP) is 2.85. The van der Waals surface area contributed by atoms with E-state index in [0.29, 0.717) is 11.3 Å². The quantitative estimate of drug-likeness (QED) is 0.874. The average Bonchev–Trinajstić information content (AvgIpc) is 2.93. The maximum Gasteiger partial charge on any atom is 0.257 e. The molecule has 0 radical (unpaired) electrons. The number of piperazine rings is 1. The second kappa shape index (κ2) is 6.36. The number of carbonyl (C=O) groups excluding carboxylic acids is 1. The molecule has 2 aromatic rings. The van der Waals surface area contributed by atoms with Crippen LogP contribution in [0.3, 0.4) is 0 Å². The van der Waals surface area contributed by atoms with Crippen LogP contribution >= 0.6 is 0 Å². The summed E-state index contributed by atoms with van der Waals surface area (Å²) in [6.07, 6.45) is 1.58. The first kappa shape index (κ1) is 14.9. The lowest BCUT2D eigenvalue weighted by Gasteiger charge is -2.34. The van der Waals surface area contributed by atoms with Gasteiger partial charge in [-0.3, -0.25) is 9.69 Å². The monoisotopic (exact) mass is 298 g/mol. The molecule has 0 spiro atoms. The van der Waals surface area contributed by atoms with Crippen molar-refractivity contribution < 1.29 is 9.21 Å². The molecule has 1 amide bonds. The second-order valence-corrected chi connectivity index (χ2v) is 5.95. The van der Waals surface area contributed by atoms with Crippen molar-refractivity contribution in [3.8, 4) is 0 Å². The summed E-state index contributed by atoms with van der Waals surface area (Å²) in [5.74, 6) is 0.786. The number of aryl methyl sites for hydroxylation is 2. The molecular weight excluding hydrogens is 276 g/mol. The van der Waals surface area contributed by atoms with E-state index in [-0.39, 0.29) is 5.91 Å². The van der Waals surface area contributed by atoms with Crippen molar-refractivity contribution in [3.05, 3.63) is 59.0 Å². The number of nitrogens with zero attached hydrogens (tertiary/aromatic N) is 2. The van der Waals surface area contributed by atoms with E-state index < -0.39 is 0 Å². The van der Waals surface area contributed by atoms with E-state index in [1.807, 2.05) is 11.8 Å². The number of hydrogen-bond donors (Lipinski definition) is 0. The van der Waals surface area contributed by atoms with Crippen LogP contribution in [0.15, 0.2) is 41.0 Å². The van der Waals surface area contributed by atoms with Crippen LogP contribution in [-0.2, 0) is 6.54 Å². The van der Waals surface area contributed by atoms with Gasteiger partial charge in [0.05, 0.1) is 11.8 Å². The van der Waals surface area contributed by atoms with E-state index in [4.69, 9.17) is 4.42 Å². The highest BCUT2D eigenvalue weighted by atomic mass is 16.3. The van der Waals surface area contributed by atoms with E-state index >= 15 is 0 Å². The van der Waals surface area contributed by atoms with Crippen molar-refractivity contribution in [2.24, 2.45) is 0 Å². The molecule has 1 saturated heterocycles. The Balaban J connectivity index is 1.56. The van der Waals surface area contributed by atoms with Crippen molar-refractivity contribution in [2.45, 2.75) is 20.4 Å². The molecule has 1 aliphatic rings. The van der Waals surface area contributed by atoms with Crippen molar-refractivity contribution in [2.75, 3.05) is 26.2 Å². The Bertz CT molecular complexity index is 655. The summed E-state index contributed by atoms with van der Waals surface area (Å²) in [5, 5.41) is 0. The second-order valence-electron chi connectivity index (χ2n) is 5.95. The average molecular weight is 298 g/mol. The molecule has 116 valence electrons. The van der Waals surface area contributed by atoms with Gasteiger partial charge in [-0.25, -0.2) is 0 Å². The maximum atomic E-state index is 12.4. The molecule has 22 heavy (non-hydrogen) atoms. The Morgan fingerprint density at radius 3 is 2.55 bits per heavy atom. The fourth-order valence-electron chi connectivity index (χ4n) is 2.95. The Kier molecular flexibility index (Phi) is 4.29. The van der Waals surface area contributed by atoms with Crippen LogP contribution in [0.5, 0.6) is 0 Å². The van der Waals surface area contributed by atoms with Gasteiger partial charge in [-0.05, 0) is 25.5 Å². The van der Waals surface area contributed by atoms with Gasteiger partial charge in [0.1, 0.15) is 5.76 Å². The summed E-state index contributed by atoms with van der Waals surface area (Å²) in [6, 6.07) is 10.4. The fraction of sp³-hybridized carbons (Fsp3) is 0.389. The Labute approximate surface area is 131 Å². The molecule has 2 heterocycles. The van der Waals surface area contributed by atoms with Crippen LogP contribution in [0.25, 0.3) is 0 Å². The van der Waals surface area contributed by atoms with Crippen molar-refractivity contribution >= 4 is 5.91 Å². The fourth-order valence-corrected chi connectivity index (χ4v) is 2.95. The van der Waals surface area contributed by atoms with Gasteiger partial charge in [0.15, 0.2) is 0 Å². The summed E-state index contributed by atoms with van der Waals surface area (Å²) in [6.45, 7) is 8.28. The van der Waals surface area contributed by atoms with Crippen LogP contribution in [0, 0.1) is 13.8 Å². The third-order valence-corrected chi connectivity index (χ3v) is 4.24. The number of benzene rings is 1. The summed E-state index contributed by atoms with van der Waals surface area (Å²) in [4.78, 5) is 16.8. The molecule has 1 aromatic heterocycles. The number of furan rings is 1. The van der Waals surface area contributed by atoms with Gasteiger partial charge in [0.25, 0.3) is 5.91 Å². The molecular formula is C18H22N2O2. The first-order valence-electron chi connectivity index (χ1n) is 7.75. The molecule has 1 aliphatic heterocycles. The minimum Gasteiger partial charge on any atom is -0.469 e. The molecule has 1 fully saturated rings. The van der Waals surface area contributed by atoms with Gasteiger partial charge in [-0.15, -0.1) is 0 Å². The molecule has 0 N–H and O–H groups in total. The zero-order valence-corrected chi connectivity index (χ0v) is 13.2. The first-order valence-corrected chi connectivity index (χ1v) is 7.75. The zero-order valence-electron chi connectivity index (χ0n) is 13.2. The minimum atomic E-state index is 0.0847. The van der Waals surface area contributed by atoms with Crippen molar-refractivity contribution in [1.82, 2.24) is 9.80 Å². The van der Waals surface area contributed by atoms with Crippen molar-refractivity contribution in [1.29, 1.82) is 0 Å². The number of hydrogen-bond acceptors (Lipinski definition) is 3. The van der Waals surface area contributed by atoms with Crippen LogP contribution in [0.1, 0.15) is 27.2 Å². The van der Waals surface area contributed by atoms with Gasteiger partial charge in [0, 0.05) is 32.7 Å². The van der Waals surface area contributed by atoms with E-state index in [9.17, 15) is 4.79 Å². The molecule has 0 bridgehead atoms. The lowest BCUT2D eigenvalue weighted by Crippen LogP contribution is -2.48. The molecule has 4 heteroatoms. The van der Waals surface area contributed by atoms with Gasteiger partial charge in [-0.1, -0.05) is 29.8 Å². The van der Waals surface area contributed by atoms with Gasteiger partial charge >= 0.3 is 0 Å². The third-order valence-electron chi connectivity index (χ3n) is 4.24. The highest BCUT2D eigenvalue weighted by molar-refractivity contribution is 5.95.